The summed E-state index contributed by atoms with van der Waals surface area (Å²) in [5.41, 5.74) is 11.3. The Labute approximate surface area is 241 Å². The van der Waals surface area contributed by atoms with Crippen molar-refractivity contribution >= 4 is 28.4 Å². The molecule has 0 saturated heterocycles. The fourth-order valence-corrected chi connectivity index (χ4v) is 5.07. The van der Waals surface area contributed by atoms with E-state index < -0.39 is 0 Å². The Balaban J connectivity index is 1.26. The van der Waals surface area contributed by atoms with Crippen molar-refractivity contribution in [2.24, 2.45) is 0 Å². The first-order chi connectivity index (χ1) is 20.0. The van der Waals surface area contributed by atoms with Gasteiger partial charge in [0.15, 0.2) is 0 Å². The number of nitrogens with zero attached hydrogens (tertiary/aromatic N) is 2. The lowest BCUT2D eigenvalue weighted by molar-refractivity contribution is 0.628. The van der Waals surface area contributed by atoms with E-state index in [1.165, 1.54) is 28.8 Å². The molecule has 0 heterocycles. The van der Waals surface area contributed by atoms with E-state index in [9.17, 15) is 4.39 Å². The highest BCUT2D eigenvalue weighted by Crippen LogP contribution is 2.37. The largest absolute Gasteiger partial charge is 0.345 e. The van der Waals surface area contributed by atoms with Crippen molar-refractivity contribution in [3.8, 4) is 22.3 Å². The van der Waals surface area contributed by atoms with Gasteiger partial charge in [0.2, 0.25) is 0 Å². The maximum atomic E-state index is 13.3. The number of benzene rings is 6. The number of rotatable bonds is 7. The van der Waals surface area contributed by atoms with Gasteiger partial charge in [-0.1, -0.05) is 84.4 Å². The van der Waals surface area contributed by atoms with Crippen molar-refractivity contribution < 1.29 is 4.39 Å². The van der Waals surface area contributed by atoms with Gasteiger partial charge in [-0.25, -0.2) is 4.39 Å². The van der Waals surface area contributed by atoms with E-state index in [1.54, 1.807) is 12.1 Å². The summed E-state index contributed by atoms with van der Waals surface area (Å²) >= 11 is 0. The zero-order valence-electron chi connectivity index (χ0n) is 23.2. The van der Waals surface area contributed by atoms with Gasteiger partial charge >= 0.3 is 0 Å². The van der Waals surface area contributed by atoms with E-state index in [0.717, 1.165) is 39.6 Å². The summed E-state index contributed by atoms with van der Waals surface area (Å²) in [6.07, 6.45) is 0. The lowest BCUT2D eigenvalue weighted by Gasteiger charge is -2.26. The predicted molar refractivity (Wildman–Crippen MR) is 171 cm³/mol. The van der Waals surface area contributed by atoms with Gasteiger partial charge in [-0.2, -0.15) is 0 Å². The molecule has 0 aliphatic heterocycles. The first-order valence-electron chi connectivity index (χ1n) is 13.8. The average Bonchev–Trinajstić information content (AvgIpc) is 3.03. The van der Waals surface area contributed by atoms with Crippen LogP contribution in [0.1, 0.15) is 5.56 Å². The Morgan fingerprint density at radius 1 is 0.390 bits per heavy atom. The zero-order chi connectivity index (χ0) is 28.2. The Bertz CT molecular complexity index is 1710. The molecule has 6 aromatic rings. The summed E-state index contributed by atoms with van der Waals surface area (Å²) in [6, 6.07) is 51.5. The van der Waals surface area contributed by atoms with Gasteiger partial charge in [-0.15, -0.1) is 0 Å². The highest BCUT2D eigenvalue weighted by atomic mass is 19.1. The molecule has 2 nitrogen and oxygen atoms in total. The van der Waals surface area contributed by atoms with Crippen LogP contribution in [0.4, 0.5) is 32.8 Å². The summed E-state index contributed by atoms with van der Waals surface area (Å²) in [4.78, 5) is 4.33. The molecule has 0 bridgehead atoms. The topological polar surface area (TPSA) is 6.48 Å². The van der Waals surface area contributed by atoms with Crippen molar-refractivity contribution in [3.63, 3.8) is 0 Å². The van der Waals surface area contributed by atoms with Crippen molar-refractivity contribution in [2.75, 3.05) is 16.8 Å². The standard InChI is InChI=1S/C38H31FN2/c1-28-8-10-29(11-9-28)31-14-22-37(23-15-31)41(36-6-4-3-5-7-36)38-24-16-32(17-25-38)30-12-20-34(21-13-30)40(2)35-26-18-33(39)19-27-35/h3-27H,1-2H3. The van der Waals surface area contributed by atoms with E-state index >= 15 is 0 Å². The van der Waals surface area contributed by atoms with Crippen LogP contribution in [0.25, 0.3) is 22.3 Å². The predicted octanol–water partition coefficient (Wildman–Crippen LogP) is 10.7. The first kappa shape index (κ1) is 26.1. The van der Waals surface area contributed by atoms with Crippen molar-refractivity contribution in [2.45, 2.75) is 6.92 Å². The quantitative estimate of drug-likeness (QED) is 0.201. The molecule has 0 saturated carbocycles. The van der Waals surface area contributed by atoms with Crippen LogP contribution in [0.3, 0.4) is 0 Å². The van der Waals surface area contributed by atoms with Crippen LogP contribution >= 0.6 is 0 Å². The van der Waals surface area contributed by atoms with Gasteiger partial charge in [-0.3, -0.25) is 0 Å². The maximum Gasteiger partial charge on any atom is 0.123 e. The third-order valence-electron chi connectivity index (χ3n) is 7.45. The highest BCUT2D eigenvalue weighted by molar-refractivity contribution is 5.80. The maximum absolute atomic E-state index is 13.3. The van der Waals surface area contributed by atoms with Crippen LogP contribution in [0.5, 0.6) is 0 Å². The third kappa shape index (κ3) is 5.75. The van der Waals surface area contributed by atoms with Gasteiger partial charge in [-0.05, 0) is 102 Å². The van der Waals surface area contributed by atoms with Gasteiger partial charge in [0.05, 0.1) is 0 Å². The second-order valence-electron chi connectivity index (χ2n) is 10.2. The Kier molecular flexibility index (Phi) is 7.34. The van der Waals surface area contributed by atoms with Crippen LogP contribution in [0.2, 0.25) is 0 Å². The second kappa shape index (κ2) is 11.5. The molecule has 0 amide bonds. The molecule has 6 rings (SSSR count). The van der Waals surface area contributed by atoms with Crippen molar-refractivity contribution in [1.82, 2.24) is 0 Å². The lowest BCUT2D eigenvalue weighted by Crippen LogP contribution is -2.09. The van der Waals surface area contributed by atoms with Gasteiger partial charge in [0.1, 0.15) is 5.82 Å². The molecule has 0 aliphatic carbocycles. The van der Waals surface area contributed by atoms with E-state index in [4.69, 9.17) is 0 Å². The van der Waals surface area contributed by atoms with E-state index in [-0.39, 0.29) is 5.82 Å². The SMILES string of the molecule is Cc1ccc(-c2ccc(N(c3ccccc3)c3ccc(-c4ccc(N(C)c5ccc(F)cc5)cc4)cc3)cc2)cc1. The molecule has 0 radical (unpaired) electrons. The number of halogens is 1. The van der Waals surface area contributed by atoms with E-state index in [0.29, 0.717) is 0 Å². The summed E-state index contributed by atoms with van der Waals surface area (Å²) in [7, 11) is 1.99. The van der Waals surface area contributed by atoms with Crippen molar-refractivity contribution in [1.29, 1.82) is 0 Å². The minimum Gasteiger partial charge on any atom is -0.345 e. The summed E-state index contributed by atoms with van der Waals surface area (Å²) in [5, 5.41) is 0. The van der Waals surface area contributed by atoms with Gasteiger partial charge in [0, 0.05) is 35.5 Å². The average molecular weight is 535 g/mol. The van der Waals surface area contributed by atoms with Crippen LogP contribution in [0, 0.1) is 12.7 Å². The van der Waals surface area contributed by atoms with Crippen molar-refractivity contribution in [3.05, 3.63) is 163 Å². The van der Waals surface area contributed by atoms with E-state index in [2.05, 4.69) is 133 Å². The Hall–Kier alpha value is -5.15. The molecule has 0 spiro atoms. The first-order valence-corrected chi connectivity index (χ1v) is 13.8. The molecule has 0 N–H and O–H groups in total. The van der Waals surface area contributed by atoms with Crippen LogP contribution in [-0.2, 0) is 0 Å². The minimum absolute atomic E-state index is 0.231. The molecule has 0 fully saturated rings. The summed E-state index contributed by atoms with van der Waals surface area (Å²) < 4.78 is 13.3. The second-order valence-corrected chi connectivity index (χ2v) is 10.2. The van der Waals surface area contributed by atoms with Crippen LogP contribution in [0.15, 0.2) is 152 Å². The normalized spacial score (nSPS) is 10.8. The number of aryl methyl sites for hydroxylation is 1. The number of para-hydroxylation sites is 1. The molecule has 6 aromatic carbocycles. The lowest BCUT2D eigenvalue weighted by atomic mass is 10.0. The van der Waals surface area contributed by atoms with Crippen LogP contribution in [-0.4, -0.2) is 7.05 Å². The van der Waals surface area contributed by atoms with Crippen LogP contribution < -0.4 is 9.80 Å². The third-order valence-corrected chi connectivity index (χ3v) is 7.45. The molecular weight excluding hydrogens is 503 g/mol. The number of hydrogen-bond acceptors (Lipinski definition) is 2. The minimum atomic E-state index is -0.231. The highest BCUT2D eigenvalue weighted by Gasteiger charge is 2.13. The fourth-order valence-electron chi connectivity index (χ4n) is 5.07. The number of hydrogen-bond donors (Lipinski definition) is 0. The molecule has 0 aliphatic rings. The molecule has 200 valence electrons. The monoisotopic (exact) mass is 534 g/mol. The van der Waals surface area contributed by atoms with Gasteiger partial charge < -0.3 is 9.80 Å². The molecule has 0 atom stereocenters. The molecule has 41 heavy (non-hydrogen) atoms. The molecular formula is C38H31FN2. The zero-order valence-corrected chi connectivity index (χ0v) is 23.2. The smallest absolute Gasteiger partial charge is 0.123 e. The molecule has 0 aromatic heterocycles. The molecule has 0 unspecified atom stereocenters. The Morgan fingerprint density at radius 2 is 0.732 bits per heavy atom. The summed E-state index contributed by atoms with van der Waals surface area (Å²) in [6.45, 7) is 2.11. The molecule has 3 heteroatoms. The van der Waals surface area contributed by atoms with E-state index in [1.807, 2.05) is 18.0 Å². The number of anilines is 5. The summed E-state index contributed by atoms with van der Waals surface area (Å²) in [5.74, 6) is -0.231. The van der Waals surface area contributed by atoms with Gasteiger partial charge in [0.25, 0.3) is 0 Å². The Morgan fingerprint density at radius 3 is 1.17 bits per heavy atom. The fraction of sp³-hybridized carbons (Fsp3) is 0.0526.